The zero-order chi connectivity index (χ0) is 12.3. The summed E-state index contributed by atoms with van der Waals surface area (Å²) in [6, 6.07) is 5.01. The van der Waals surface area contributed by atoms with E-state index in [4.69, 9.17) is 4.74 Å². The second-order valence-electron chi connectivity index (χ2n) is 2.84. The zero-order valence-corrected chi connectivity index (χ0v) is 8.18. The lowest BCUT2D eigenvalue weighted by Crippen LogP contribution is -2.12. The van der Waals surface area contributed by atoms with Crippen LogP contribution in [0.5, 0.6) is 5.75 Å². The first-order chi connectivity index (χ1) is 8.16. The maximum atomic E-state index is 11.3. The largest absolute Gasteiger partial charge is 0.577 e. The lowest BCUT2D eigenvalue weighted by Gasteiger charge is -2.14. The minimum absolute atomic E-state index is 0.0994. The Labute approximate surface area is 93.9 Å². The lowest BCUT2D eigenvalue weighted by atomic mass is 10.3. The van der Waals surface area contributed by atoms with Crippen LogP contribution in [0.3, 0.4) is 0 Å². The molecule has 1 aliphatic rings. The molecule has 0 amide bonds. The first kappa shape index (κ1) is 10.7. The van der Waals surface area contributed by atoms with Crippen LogP contribution in [0, 0.1) is 10.1 Å². The highest BCUT2D eigenvalue weighted by Crippen LogP contribution is 2.20. The average Bonchev–Trinajstić information content (AvgIpc) is 2.83. The van der Waals surface area contributed by atoms with E-state index in [0.29, 0.717) is 0 Å². The van der Waals surface area contributed by atoms with Crippen molar-refractivity contribution in [1.29, 1.82) is 0 Å². The lowest BCUT2D eigenvalue weighted by molar-refractivity contribution is -0.384. The maximum Gasteiger partial charge on any atom is 0.269 e. The van der Waals surface area contributed by atoms with Crippen LogP contribution >= 0.6 is 0 Å². The van der Waals surface area contributed by atoms with E-state index in [1.807, 2.05) is 0 Å². The Morgan fingerprint density at radius 1 is 1.18 bits per heavy atom. The summed E-state index contributed by atoms with van der Waals surface area (Å²) in [5.41, 5.74) is -0.0994. The Balaban J connectivity index is 2.14. The van der Waals surface area contributed by atoms with Gasteiger partial charge in [-0.3, -0.25) is 10.1 Å². The molecule has 1 heterocycles. The summed E-state index contributed by atoms with van der Waals surface area (Å²) in [4.78, 5) is 9.83. The van der Waals surface area contributed by atoms with Gasteiger partial charge in [-0.25, -0.2) is 0 Å². The van der Waals surface area contributed by atoms with Gasteiger partial charge in [-0.1, -0.05) is 0 Å². The Kier molecular flexibility index (Phi) is 2.73. The van der Waals surface area contributed by atoms with Gasteiger partial charge in [0.15, 0.2) is 0 Å². The van der Waals surface area contributed by atoms with Crippen LogP contribution in [0.1, 0.15) is 0 Å². The smallest absolute Gasteiger partial charge is 0.269 e. The molecule has 0 spiro atoms. The summed E-state index contributed by atoms with van der Waals surface area (Å²) in [6.45, 7) is 0. The Morgan fingerprint density at radius 3 is 2.29 bits per heavy atom. The first-order valence-corrected chi connectivity index (χ1v) is 4.32. The molecule has 0 saturated carbocycles. The molecule has 0 aromatic heterocycles. The van der Waals surface area contributed by atoms with E-state index >= 15 is 0 Å². The van der Waals surface area contributed by atoms with Crippen LogP contribution in [-0.4, -0.2) is 4.92 Å². The molecule has 9 heteroatoms. The van der Waals surface area contributed by atoms with Crippen molar-refractivity contribution in [1.82, 2.24) is 0 Å². The van der Waals surface area contributed by atoms with Gasteiger partial charge in [-0.2, -0.15) is 0 Å². The van der Waals surface area contributed by atoms with E-state index in [1.165, 1.54) is 24.3 Å². The van der Waals surface area contributed by atoms with Crippen molar-refractivity contribution in [3.63, 3.8) is 0 Å². The molecule has 1 aromatic rings. The van der Waals surface area contributed by atoms with Gasteiger partial charge in [0.05, 0.1) is 4.92 Å². The Morgan fingerprint density at radius 2 is 1.76 bits per heavy atom. The fourth-order valence-electron chi connectivity index (χ4n) is 1.01. The van der Waals surface area contributed by atoms with E-state index in [2.05, 4.69) is 20.7 Å². The zero-order valence-electron chi connectivity index (χ0n) is 8.18. The van der Waals surface area contributed by atoms with Crippen molar-refractivity contribution in [2.24, 2.45) is 20.7 Å². The third kappa shape index (κ3) is 2.40. The summed E-state index contributed by atoms with van der Waals surface area (Å²) in [5, 5.41) is 34.6. The molecule has 0 aliphatic carbocycles. The third-order valence-electron chi connectivity index (χ3n) is 1.76. The highest BCUT2D eigenvalue weighted by molar-refractivity contribution is 5.36. The minimum Gasteiger partial charge on any atom is -0.577 e. The van der Waals surface area contributed by atoms with Crippen LogP contribution < -0.4 is 9.84 Å². The molecule has 2 rings (SSSR count). The Hall–Kier alpha value is -2.84. The van der Waals surface area contributed by atoms with Crippen molar-refractivity contribution in [3.05, 3.63) is 46.1 Å². The van der Waals surface area contributed by atoms with Crippen molar-refractivity contribution in [3.8, 4) is 5.75 Å². The van der Waals surface area contributed by atoms with Gasteiger partial charge in [0, 0.05) is 17.9 Å². The van der Waals surface area contributed by atoms with Gasteiger partial charge in [0.2, 0.25) is 5.82 Å². The van der Waals surface area contributed by atoms with Gasteiger partial charge in [-0.15, -0.1) is 10.2 Å². The number of nitro benzene ring substituents is 1. The number of hydrogen-bond donors (Lipinski definition) is 0. The summed E-state index contributed by atoms with van der Waals surface area (Å²) >= 11 is 0. The van der Waals surface area contributed by atoms with E-state index in [1.54, 1.807) is 0 Å². The van der Waals surface area contributed by atoms with Crippen molar-refractivity contribution >= 4 is 5.69 Å². The molecular formula is C8H4N5O4-. The molecule has 86 valence electrons. The number of benzene rings is 1. The SMILES string of the molecule is O=[N+]([O-])c1ccc(OC([O-])=C2N=NN=N2)cc1. The van der Waals surface area contributed by atoms with Crippen LogP contribution in [0.2, 0.25) is 0 Å². The number of hydrogen-bond acceptors (Lipinski definition) is 8. The maximum absolute atomic E-state index is 11.3. The van der Waals surface area contributed by atoms with E-state index in [0.717, 1.165) is 0 Å². The molecule has 0 fully saturated rings. The standard InChI is InChI=1S/C8H5N5O4/c14-8(7-9-11-12-10-7)17-6-3-1-5(2-4-6)13(15)16/h1-4,14H/p-1. The van der Waals surface area contributed by atoms with E-state index in [-0.39, 0.29) is 17.3 Å². The fourth-order valence-corrected chi connectivity index (χ4v) is 1.01. The Bertz CT molecular complexity index is 519. The summed E-state index contributed by atoms with van der Waals surface area (Å²) in [5.74, 6) is -0.961. The van der Waals surface area contributed by atoms with Crippen LogP contribution in [-0.2, 0) is 0 Å². The fraction of sp³-hybridized carbons (Fsp3) is 0. The molecule has 0 radical (unpaired) electrons. The molecular weight excluding hydrogens is 230 g/mol. The number of ether oxygens (including phenoxy) is 1. The summed E-state index contributed by atoms with van der Waals surface area (Å²) in [6.07, 6.45) is 0. The molecule has 0 N–H and O–H groups in total. The summed E-state index contributed by atoms with van der Waals surface area (Å²) in [7, 11) is 0. The monoisotopic (exact) mass is 234 g/mol. The van der Waals surface area contributed by atoms with E-state index in [9.17, 15) is 15.2 Å². The topological polar surface area (TPSA) is 125 Å². The van der Waals surface area contributed by atoms with Crippen molar-refractivity contribution < 1.29 is 14.8 Å². The van der Waals surface area contributed by atoms with Gasteiger partial charge < -0.3 is 9.84 Å². The quantitative estimate of drug-likeness (QED) is 0.443. The minimum atomic E-state index is -0.830. The van der Waals surface area contributed by atoms with Gasteiger partial charge in [0.1, 0.15) is 5.95 Å². The molecule has 0 unspecified atom stereocenters. The highest BCUT2D eigenvalue weighted by Gasteiger charge is 2.05. The van der Waals surface area contributed by atoms with Gasteiger partial charge in [0.25, 0.3) is 5.69 Å². The first-order valence-electron chi connectivity index (χ1n) is 4.32. The average molecular weight is 234 g/mol. The molecule has 17 heavy (non-hydrogen) atoms. The number of nitrogens with zero attached hydrogens (tertiary/aromatic N) is 5. The predicted molar refractivity (Wildman–Crippen MR) is 50.5 cm³/mol. The molecule has 0 saturated heterocycles. The highest BCUT2D eigenvalue weighted by atomic mass is 16.6. The van der Waals surface area contributed by atoms with Crippen LogP contribution in [0.25, 0.3) is 0 Å². The van der Waals surface area contributed by atoms with Gasteiger partial charge in [-0.05, 0) is 22.6 Å². The number of nitro groups is 1. The number of non-ortho nitro benzene ring substituents is 1. The molecule has 1 aliphatic heterocycles. The third-order valence-corrected chi connectivity index (χ3v) is 1.76. The molecule has 1 aromatic carbocycles. The molecule has 9 nitrogen and oxygen atoms in total. The second-order valence-corrected chi connectivity index (χ2v) is 2.84. The van der Waals surface area contributed by atoms with Crippen molar-refractivity contribution in [2.75, 3.05) is 0 Å². The predicted octanol–water partition coefficient (Wildman–Crippen LogP) is 1.29. The normalized spacial score (nSPS) is 12.8. The summed E-state index contributed by atoms with van der Waals surface area (Å²) < 4.78 is 4.83. The van der Waals surface area contributed by atoms with Crippen LogP contribution in [0.15, 0.2) is 56.7 Å². The van der Waals surface area contributed by atoms with Gasteiger partial charge >= 0.3 is 0 Å². The molecule has 0 atom stereocenters. The van der Waals surface area contributed by atoms with Crippen molar-refractivity contribution in [2.45, 2.75) is 0 Å². The van der Waals surface area contributed by atoms with Crippen LogP contribution in [0.4, 0.5) is 5.69 Å². The van der Waals surface area contributed by atoms with E-state index < -0.39 is 10.9 Å². The second kappa shape index (κ2) is 4.35. The number of rotatable bonds is 3. The molecule has 0 bridgehead atoms.